The number of ether oxygens (including phenoxy) is 1. The van der Waals surface area contributed by atoms with Crippen molar-refractivity contribution in [2.75, 3.05) is 19.8 Å². The lowest BCUT2D eigenvalue weighted by atomic mass is 10.1. The van der Waals surface area contributed by atoms with Crippen molar-refractivity contribution < 1.29 is 19.4 Å². The largest absolute Gasteiger partial charge is 0.481 e. The van der Waals surface area contributed by atoms with Crippen molar-refractivity contribution in [1.82, 2.24) is 4.90 Å². The number of aliphatic carboxylic acids is 1. The van der Waals surface area contributed by atoms with Gasteiger partial charge >= 0.3 is 5.97 Å². The van der Waals surface area contributed by atoms with Crippen LogP contribution in [0.5, 0.6) is 0 Å². The highest BCUT2D eigenvalue weighted by Crippen LogP contribution is 2.36. The Morgan fingerprint density at radius 3 is 2.45 bits per heavy atom. The summed E-state index contributed by atoms with van der Waals surface area (Å²) in [5, 5.41) is 8.84. The van der Waals surface area contributed by atoms with Crippen molar-refractivity contribution >= 4 is 11.9 Å². The van der Waals surface area contributed by atoms with E-state index in [9.17, 15) is 9.59 Å². The van der Waals surface area contributed by atoms with Crippen molar-refractivity contribution in [3.8, 4) is 0 Å². The molecule has 0 unspecified atom stereocenters. The van der Waals surface area contributed by atoms with Gasteiger partial charge in [-0.25, -0.2) is 0 Å². The van der Waals surface area contributed by atoms with Crippen LogP contribution in [0, 0.1) is 5.92 Å². The Balaban J connectivity index is 2.01. The minimum absolute atomic E-state index is 0.000582. The van der Waals surface area contributed by atoms with Crippen molar-refractivity contribution in [3.05, 3.63) is 11.6 Å². The van der Waals surface area contributed by atoms with Crippen LogP contribution in [0.4, 0.5) is 0 Å². The first-order valence-electron chi connectivity index (χ1n) is 7.36. The molecule has 1 saturated heterocycles. The molecule has 0 aromatic heterocycles. The van der Waals surface area contributed by atoms with Gasteiger partial charge in [-0.15, -0.1) is 0 Å². The van der Waals surface area contributed by atoms with Crippen molar-refractivity contribution in [2.24, 2.45) is 5.92 Å². The maximum absolute atomic E-state index is 12.4. The van der Waals surface area contributed by atoms with Gasteiger partial charge in [0.05, 0.1) is 6.42 Å². The second-order valence-corrected chi connectivity index (χ2v) is 5.68. The predicted octanol–water partition coefficient (Wildman–Crippen LogP) is 1.82. The first kappa shape index (κ1) is 15.0. The SMILES string of the molecule is C/C(=C\C(=O)N(CCC(=O)O)C1CCOCC1)C1CC1. The molecule has 1 amide bonds. The summed E-state index contributed by atoms with van der Waals surface area (Å²) in [6, 6.07) is 0.110. The first-order chi connectivity index (χ1) is 9.58. The summed E-state index contributed by atoms with van der Waals surface area (Å²) in [7, 11) is 0. The van der Waals surface area contributed by atoms with Crippen LogP contribution < -0.4 is 0 Å². The second kappa shape index (κ2) is 6.88. The van der Waals surface area contributed by atoms with Gasteiger partial charge in [0.15, 0.2) is 0 Å². The number of rotatable bonds is 6. The lowest BCUT2D eigenvalue weighted by Crippen LogP contribution is -2.43. The molecule has 112 valence electrons. The highest BCUT2D eigenvalue weighted by atomic mass is 16.5. The second-order valence-electron chi connectivity index (χ2n) is 5.68. The Kier molecular flexibility index (Phi) is 5.17. The molecule has 2 aliphatic rings. The monoisotopic (exact) mass is 281 g/mol. The van der Waals surface area contributed by atoms with E-state index in [1.165, 1.54) is 12.8 Å². The summed E-state index contributed by atoms with van der Waals surface area (Å²) in [5.74, 6) is -0.338. The molecule has 2 fully saturated rings. The maximum atomic E-state index is 12.4. The van der Waals surface area contributed by atoms with Crippen molar-refractivity contribution in [1.29, 1.82) is 0 Å². The van der Waals surface area contributed by atoms with Gasteiger partial charge in [-0.1, -0.05) is 5.57 Å². The van der Waals surface area contributed by atoms with Crippen molar-refractivity contribution in [3.63, 3.8) is 0 Å². The van der Waals surface area contributed by atoms with E-state index >= 15 is 0 Å². The van der Waals surface area contributed by atoms with Gasteiger partial charge in [0, 0.05) is 31.9 Å². The number of hydrogen-bond acceptors (Lipinski definition) is 3. The third-order valence-corrected chi connectivity index (χ3v) is 4.05. The fraction of sp³-hybridized carbons (Fsp3) is 0.733. The molecule has 1 heterocycles. The molecule has 5 heteroatoms. The quantitative estimate of drug-likeness (QED) is 0.754. The standard InChI is InChI=1S/C15H23NO4/c1-11(12-2-3-12)10-14(17)16(7-4-15(18)19)13-5-8-20-9-6-13/h10,12-13H,2-9H2,1H3,(H,18,19)/b11-10+. The molecule has 1 aliphatic heterocycles. The number of carboxylic acids is 1. The molecule has 20 heavy (non-hydrogen) atoms. The lowest BCUT2D eigenvalue weighted by Gasteiger charge is -2.33. The van der Waals surface area contributed by atoms with Crippen LogP contribution in [0.2, 0.25) is 0 Å². The van der Waals surface area contributed by atoms with E-state index in [0.717, 1.165) is 18.4 Å². The van der Waals surface area contributed by atoms with Gasteiger partial charge in [0.25, 0.3) is 0 Å². The minimum Gasteiger partial charge on any atom is -0.481 e. The molecule has 2 rings (SSSR count). The lowest BCUT2D eigenvalue weighted by molar-refractivity contribution is -0.138. The number of allylic oxidation sites excluding steroid dienone is 1. The zero-order valence-electron chi connectivity index (χ0n) is 12.0. The van der Waals surface area contributed by atoms with Crippen LogP contribution in [0.1, 0.15) is 39.0 Å². The molecule has 0 radical (unpaired) electrons. The summed E-state index contributed by atoms with van der Waals surface area (Å²) in [4.78, 5) is 24.9. The van der Waals surface area contributed by atoms with Crippen LogP contribution >= 0.6 is 0 Å². The van der Waals surface area contributed by atoms with E-state index < -0.39 is 5.97 Å². The van der Waals surface area contributed by atoms with Crippen LogP contribution in [0.25, 0.3) is 0 Å². The van der Waals surface area contributed by atoms with Gasteiger partial charge < -0.3 is 14.7 Å². The van der Waals surface area contributed by atoms with E-state index in [1.807, 2.05) is 6.92 Å². The van der Waals surface area contributed by atoms with Crippen LogP contribution in [-0.4, -0.2) is 47.7 Å². The zero-order valence-corrected chi connectivity index (χ0v) is 12.0. The molecule has 0 atom stereocenters. The Labute approximate surface area is 119 Å². The summed E-state index contributed by atoms with van der Waals surface area (Å²) in [6.45, 7) is 3.57. The van der Waals surface area contributed by atoms with E-state index in [2.05, 4.69) is 0 Å². The Morgan fingerprint density at radius 2 is 1.90 bits per heavy atom. The summed E-state index contributed by atoms with van der Waals surface area (Å²) < 4.78 is 5.31. The van der Waals surface area contributed by atoms with Crippen molar-refractivity contribution in [2.45, 2.75) is 45.1 Å². The molecule has 1 N–H and O–H groups in total. The Morgan fingerprint density at radius 1 is 1.25 bits per heavy atom. The molecule has 1 saturated carbocycles. The number of carbonyl (C=O) groups excluding carboxylic acids is 1. The summed E-state index contributed by atoms with van der Waals surface area (Å²) >= 11 is 0. The normalized spacial score (nSPS) is 20.8. The molecular formula is C15H23NO4. The number of hydrogen-bond donors (Lipinski definition) is 1. The first-order valence-corrected chi connectivity index (χ1v) is 7.36. The van der Waals surface area contributed by atoms with Gasteiger partial charge in [0.1, 0.15) is 0 Å². The van der Waals surface area contributed by atoms with Gasteiger partial charge in [-0.3, -0.25) is 9.59 Å². The van der Waals surface area contributed by atoms with Gasteiger partial charge in [-0.05, 0) is 38.5 Å². The van der Waals surface area contributed by atoms with E-state index in [0.29, 0.717) is 19.1 Å². The number of carbonyl (C=O) groups is 2. The smallest absolute Gasteiger partial charge is 0.305 e. The topological polar surface area (TPSA) is 66.8 Å². The Hall–Kier alpha value is -1.36. The van der Waals surface area contributed by atoms with Crippen LogP contribution in [0.15, 0.2) is 11.6 Å². The molecule has 0 bridgehead atoms. The fourth-order valence-corrected chi connectivity index (χ4v) is 2.62. The average molecular weight is 281 g/mol. The van der Waals surface area contributed by atoms with E-state index in [1.54, 1.807) is 11.0 Å². The number of amides is 1. The van der Waals surface area contributed by atoms with E-state index in [-0.39, 0.29) is 24.9 Å². The molecule has 0 aromatic carbocycles. The van der Waals surface area contributed by atoms with Crippen LogP contribution in [0.3, 0.4) is 0 Å². The Bertz CT molecular complexity index is 395. The van der Waals surface area contributed by atoms with Gasteiger partial charge in [0.2, 0.25) is 5.91 Å². The third-order valence-electron chi connectivity index (χ3n) is 4.05. The fourth-order valence-electron chi connectivity index (χ4n) is 2.62. The molecule has 5 nitrogen and oxygen atoms in total. The zero-order chi connectivity index (χ0) is 14.5. The summed E-state index contributed by atoms with van der Waals surface area (Å²) in [6.07, 6.45) is 5.63. The van der Waals surface area contributed by atoms with Gasteiger partial charge in [-0.2, -0.15) is 0 Å². The maximum Gasteiger partial charge on any atom is 0.305 e. The third kappa shape index (κ3) is 4.34. The summed E-state index contributed by atoms with van der Waals surface area (Å²) in [5.41, 5.74) is 1.13. The van der Waals surface area contributed by atoms with Crippen LogP contribution in [-0.2, 0) is 14.3 Å². The molecule has 0 aromatic rings. The highest BCUT2D eigenvalue weighted by molar-refractivity contribution is 5.89. The van der Waals surface area contributed by atoms with E-state index in [4.69, 9.17) is 9.84 Å². The number of carboxylic acid groups (broad SMARTS) is 1. The molecule has 1 aliphatic carbocycles. The predicted molar refractivity (Wildman–Crippen MR) is 74.3 cm³/mol. The highest BCUT2D eigenvalue weighted by Gasteiger charge is 2.27. The number of nitrogens with zero attached hydrogens (tertiary/aromatic N) is 1. The molecule has 0 spiro atoms. The average Bonchev–Trinajstić information content (AvgIpc) is 3.24. The molecular weight excluding hydrogens is 258 g/mol. The minimum atomic E-state index is -0.863.